The molecule has 0 bridgehead atoms. The Morgan fingerprint density at radius 2 is 1.87 bits per heavy atom. The number of nitrogens with one attached hydrogen (secondary N) is 2. The Bertz CT molecular complexity index is 1290. The number of halogens is 1. The molecule has 8 nitrogen and oxygen atoms in total. The summed E-state index contributed by atoms with van der Waals surface area (Å²) >= 11 is 0. The Labute approximate surface area is 176 Å². The number of benzene rings is 2. The van der Waals surface area contributed by atoms with Crippen molar-refractivity contribution in [1.29, 1.82) is 0 Å². The normalized spacial score (nSPS) is 13.9. The molecule has 31 heavy (non-hydrogen) atoms. The van der Waals surface area contributed by atoms with E-state index >= 15 is 0 Å². The second-order valence-corrected chi connectivity index (χ2v) is 7.47. The minimum atomic E-state index is -0.312. The molecule has 2 aromatic heterocycles. The molecule has 1 fully saturated rings. The van der Waals surface area contributed by atoms with Gasteiger partial charge in [-0.25, -0.2) is 18.9 Å². The lowest BCUT2D eigenvalue weighted by Crippen LogP contribution is -2.53. The van der Waals surface area contributed by atoms with E-state index in [1.807, 2.05) is 30.3 Å². The summed E-state index contributed by atoms with van der Waals surface area (Å²) in [5, 5.41) is 7.54. The number of aromatic nitrogens is 4. The zero-order valence-electron chi connectivity index (χ0n) is 16.5. The van der Waals surface area contributed by atoms with Crippen LogP contribution in [-0.2, 0) is 6.54 Å². The third-order valence-corrected chi connectivity index (χ3v) is 5.37. The lowest BCUT2D eigenvalue weighted by Gasteiger charge is -2.38. The largest absolute Gasteiger partial charge is 0.334 e. The molecule has 1 aliphatic rings. The number of hydrogen-bond donors (Lipinski definition) is 2. The summed E-state index contributed by atoms with van der Waals surface area (Å²) in [6.07, 6.45) is 1.51. The standard InChI is InChI=1S/C22H19FN6O2/c23-16-8-6-14(7-9-16)10-24-22(31)28-12-15(13-28)19-26-20-18(21(30)27-19)11-25-29(20)17-4-2-1-3-5-17/h1-9,11,15H,10,12-13H2,(H,24,31)(H,26,27,30). The predicted molar refractivity (Wildman–Crippen MR) is 112 cm³/mol. The lowest BCUT2D eigenvalue weighted by molar-refractivity contribution is 0.148. The summed E-state index contributed by atoms with van der Waals surface area (Å²) in [5.74, 6) is 0.165. The highest BCUT2D eigenvalue weighted by Crippen LogP contribution is 2.25. The molecule has 2 aromatic carbocycles. The van der Waals surface area contributed by atoms with Gasteiger partial charge in [0.25, 0.3) is 5.56 Å². The van der Waals surface area contributed by atoms with Gasteiger partial charge >= 0.3 is 6.03 Å². The summed E-state index contributed by atoms with van der Waals surface area (Å²) in [6, 6.07) is 15.3. The molecule has 3 heterocycles. The van der Waals surface area contributed by atoms with Crippen LogP contribution in [0.15, 0.2) is 65.6 Å². The maximum atomic E-state index is 13.0. The fourth-order valence-electron chi connectivity index (χ4n) is 3.60. The van der Waals surface area contributed by atoms with Crippen molar-refractivity contribution in [3.05, 3.63) is 88.4 Å². The summed E-state index contributed by atoms with van der Waals surface area (Å²) in [4.78, 5) is 34.0. The summed E-state index contributed by atoms with van der Waals surface area (Å²) in [7, 11) is 0. The number of amides is 2. The number of likely N-dealkylation sites (tertiary alicyclic amines) is 1. The molecule has 1 saturated heterocycles. The number of aromatic amines is 1. The first-order valence-corrected chi connectivity index (χ1v) is 9.89. The van der Waals surface area contributed by atoms with Crippen LogP contribution < -0.4 is 10.9 Å². The summed E-state index contributed by atoms with van der Waals surface area (Å²) < 4.78 is 14.6. The van der Waals surface area contributed by atoms with Gasteiger partial charge in [0.2, 0.25) is 0 Å². The molecular formula is C22H19FN6O2. The number of nitrogens with zero attached hydrogens (tertiary/aromatic N) is 4. The molecule has 0 aliphatic carbocycles. The molecular weight excluding hydrogens is 399 g/mol. The van der Waals surface area contributed by atoms with E-state index in [0.29, 0.717) is 36.5 Å². The van der Waals surface area contributed by atoms with Gasteiger partial charge in [-0.3, -0.25) is 4.79 Å². The summed E-state index contributed by atoms with van der Waals surface area (Å²) in [5.41, 5.74) is 1.87. The fraction of sp³-hybridized carbons (Fsp3) is 0.182. The molecule has 1 aliphatic heterocycles. The van der Waals surface area contributed by atoms with Gasteiger partial charge in [0.15, 0.2) is 5.65 Å². The second-order valence-electron chi connectivity index (χ2n) is 7.47. The minimum Gasteiger partial charge on any atom is -0.334 e. The van der Waals surface area contributed by atoms with Crippen molar-refractivity contribution in [2.75, 3.05) is 13.1 Å². The van der Waals surface area contributed by atoms with Crippen molar-refractivity contribution in [3.63, 3.8) is 0 Å². The lowest BCUT2D eigenvalue weighted by atomic mass is 10.00. The van der Waals surface area contributed by atoms with E-state index in [-0.39, 0.29) is 23.3 Å². The van der Waals surface area contributed by atoms with Crippen LogP contribution in [0.2, 0.25) is 0 Å². The smallest absolute Gasteiger partial charge is 0.317 e. The van der Waals surface area contributed by atoms with E-state index in [2.05, 4.69) is 20.4 Å². The molecule has 156 valence electrons. The van der Waals surface area contributed by atoms with Gasteiger partial charge in [0.05, 0.1) is 17.8 Å². The molecule has 0 spiro atoms. The number of para-hydroxylation sites is 1. The Morgan fingerprint density at radius 1 is 1.13 bits per heavy atom. The van der Waals surface area contributed by atoms with Crippen LogP contribution in [0, 0.1) is 5.82 Å². The quantitative estimate of drug-likeness (QED) is 0.532. The van der Waals surface area contributed by atoms with Crippen LogP contribution in [-0.4, -0.2) is 43.8 Å². The van der Waals surface area contributed by atoms with Crippen molar-refractivity contribution in [3.8, 4) is 5.69 Å². The Hall–Kier alpha value is -4.01. The van der Waals surface area contributed by atoms with Crippen molar-refractivity contribution >= 4 is 17.1 Å². The zero-order valence-corrected chi connectivity index (χ0v) is 16.5. The van der Waals surface area contributed by atoms with Crippen LogP contribution in [0.25, 0.3) is 16.7 Å². The zero-order chi connectivity index (χ0) is 21.4. The molecule has 0 atom stereocenters. The minimum absolute atomic E-state index is 0.0622. The number of carbonyl (C=O) groups excluding carboxylic acids is 1. The highest BCUT2D eigenvalue weighted by atomic mass is 19.1. The first kappa shape index (κ1) is 19.0. The first-order chi connectivity index (χ1) is 15.1. The Kier molecular flexibility index (Phi) is 4.70. The molecule has 2 amide bonds. The van der Waals surface area contributed by atoms with Gasteiger partial charge in [0.1, 0.15) is 17.0 Å². The molecule has 0 unspecified atom stereocenters. The van der Waals surface area contributed by atoms with Gasteiger partial charge in [-0.1, -0.05) is 30.3 Å². The van der Waals surface area contributed by atoms with Gasteiger partial charge in [0, 0.05) is 19.6 Å². The van der Waals surface area contributed by atoms with Crippen LogP contribution in [0.1, 0.15) is 17.3 Å². The number of hydrogen-bond acceptors (Lipinski definition) is 4. The maximum Gasteiger partial charge on any atom is 0.317 e. The van der Waals surface area contributed by atoms with E-state index in [1.165, 1.54) is 18.3 Å². The first-order valence-electron chi connectivity index (χ1n) is 9.89. The number of H-pyrrole nitrogens is 1. The Balaban J connectivity index is 1.28. The van der Waals surface area contributed by atoms with E-state index in [1.54, 1.807) is 21.7 Å². The topological polar surface area (TPSA) is 95.9 Å². The van der Waals surface area contributed by atoms with Crippen LogP contribution in [0.4, 0.5) is 9.18 Å². The molecule has 4 aromatic rings. The van der Waals surface area contributed by atoms with E-state index in [9.17, 15) is 14.0 Å². The van der Waals surface area contributed by atoms with Crippen molar-refractivity contribution in [1.82, 2.24) is 30.0 Å². The number of carbonyl (C=O) groups is 1. The van der Waals surface area contributed by atoms with Crippen molar-refractivity contribution in [2.45, 2.75) is 12.5 Å². The third kappa shape index (κ3) is 3.65. The van der Waals surface area contributed by atoms with E-state index in [0.717, 1.165) is 11.3 Å². The SMILES string of the molecule is O=C(NCc1ccc(F)cc1)N1CC(c2nc3c(cnn3-c3ccccc3)c(=O)[nH]2)C1. The monoisotopic (exact) mass is 418 g/mol. The number of urea groups is 1. The highest BCUT2D eigenvalue weighted by Gasteiger charge is 2.34. The average Bonchev–Trinajstić information content (AvgIpc) is 3.18. The summed E-state index contributed by atoms with van der Waals surface area (Å²) in [6.45, 7) is 1.21. The van der Waals surface area contributed by atoms with Gasteiger partial charge < -0.3 is 15.2 Å². The average molecular weight is 418 g/mol. The van der Waals surface area contributed by atoms with Crippen LogP contribution in [0.5, 0.6) is 0 Å². The number of fused-ring (bicyclic) bond motifs is 1. The highest BCUT2D eigenvalue weighted by molar-refractivity contribution is 5.76. The maximum absolute atomic E-state index is 13.0. The van der Waals surface area contributed by atoms with Crippen LogP contribution in [0.3, 0.4) is 0 Å². The van der Waals surface area contributed by atoms with Gasteiger partial charge in [-0.15, -0.1) is 0 Å². The molecule has 9 heteroatoms. The van der Waals surface area contributed by atoms with E-state index < -0.39 is 0 Å². The predicted octanol–water partition coefficient (Wildman–Crippen LogP) is 2.56. The molecule has 2 N–H and O–H groups in total. The second kappa shape index (κ2) is 7.67. The molecule has 0 saturated carbocycles. The number of rotatable bonds is 4. The van der Waals surface area contributed by atoms with E-state index in [4.69, 9.17) is 0 Å². The molecule has 0 radical (unpaired) electrons. The fourth-order valence-corrected chi connectivity index (χ4v) is 3.60. The van der Waals surface area contributed by atoms with Gasteiger partial charge in [-0.2, -0.15) is 5.10 Å². The van der Waals surface area contributed by atoms with Crippen molar-refractivity contribution in [2.24, 2.45) is 0 Å². The van der Waals surface area contributed by atoms with Gasteiger partial charge in [-0.05, 0) is 29.8 Å². The Morgan fingerprint density at radius 3 is 2.61 bits per heavy atom. The van der Waals surface area contributed by atoms with Crippen LogP contribution >= 0.6 is 0 Å². The third-order valence-electron chi connectivity index (χ3n) is 5.37. The molecule has 5 rings (SSSR count). The van der Waals surface area contributed by atoms with Crippen molar-refractivity contribution < 1.29 is 9.18 Å².